The lowest BCUT2D eigenvalue weighted by Crippen LogP contribution is -2.21. The third-order valence-electron chi connectivity index (χ3n) is 6.03. The molecule has 2 aromatic heterocycles. The number of carbonyl (C=O) groups is 1. The van der Waals surface area contributed by atoms with E-state index in [1.165, 1.54) is 48.1 Å². The van der Waals surface area contributed by atoms with Crippen molar-refractivity contribution < 1.29 is 23.1 Å². The molecule has 3 aromatic rings. The van der Waals surface area contributed by atoms with Gasteiger partial charge in [0, 0.05) is 5.69 Å². The van der Waals surface area contributed by atoms with Crippen molar-refractivity contribution in [3.8, 4) is 22.5 Å². The molecule has 2 aliphatic rings. The van der Waals surface area contributed by atoms with Gasteiger partial charge in [-0.25, -0.2) is 9.89 Å². The number of carboxylic acids is 1. The van der Waals surface area contributed by atoms with Crippen molar-refractivity contribution in [1.82, 2.24) is 30.9 Å². The molecule has 0 bridgehead atoms. The van der Waals surface area contributed by atoms with Crippen LogP contribution in [0.5, 0.6) is 0 Å². The minimum atomic E-state index is -5.08. The molecule has 1 aliphatic heterocycles. The Labute approximate surface area is 194 Å². The number of tetrazole rings is 1. The zero-order valence-corrected chi connectivity index (χ0v) is 18.4. The second kappa shape index (κ2) is 10.3. The summed E-state index contributed by atoms with van der Waals surface area (Å²) in [6.07, 6.45) is 3.02. The second-order valence-electron chi connectivity index (χ2n) is 8.30. The first-order valence-corrected chi connectivity index (χ1v) is 11.2. The molecule has 1 unspecified atom stereocenters. The predicted molar refractivity (Wildman–Crippen MR) is 118 cm³/mol. The highest BCUT2D eigenvalue weighted by molar-refractivity contribution is 5.85. The Morgan fingerprint density at radius 2 is 1.76 bits per heavy atom. The summed E-state index contributed by atoms with van der Waals surface area (Å²) in [5.74, 6) is -2.04. The van der Waals surface area contributed by atoms with Crippen molar-refractivity contribution in [2.45, 2.75) is 57.2 Å². The van der Waals surface area contributed by atoms with Crippen molar-refractivity contribution in [2.24, 2.45) is 0 Å². The van der Waals surface area contributed by atoms with Gasteiger partial charge in [0.2, 0.25) is 0 Å². The standard InChI is InChI=1S/C21H24N6.C2HF3O2/c1-3-8-14(9-4-1)18-15-10-5-2-6-11-16(15)23-20(17-12-7-13-22-17)19(18)21-24-26-27-25-21;3-2(4,5)1(6)7/h1,3-4,8-9,17,22H,2,5-7,10-13H2,(H,24,25,26,27);(H,6,7). The van der Waals surface area contributed by atoms with Gasteiger partial charge in [-0.05, 0) is 72.2 Å². The van der Waals surface area contributed by atoms with E-state index in [9.17, 15) is 13.2 Å². The summed E-state index contributed by atoms with van der Waals surface area (Å²) in [7, 11) is 0. The number of hydrogen-bond donors (Lipinski definition) is 3. The van der Waals surface area contributed by atoms with E-state index in [2.05, 4.69) is 56.3 Å². The lowest BCUT2D eigenvalue weighted by Gasteiger charge is -2.22. The second-order valence-corrected chi connectivity index (χ2v) is 8.30. The minimum Gasteiger partial charge on any atom is -0.475 e. The van der Waals surface area contributed by atoms with Crippen LogP contribution in [0.2, 0.25) is 0 Å². The van der Waals surface area contributed by atoms with E-state index in [1.807, 2.05) is 0 Å². The number of benzene rings is 1. The number of H-pyrrole nitrogens is 1. The third-order valence-corrected chi connectivity index (χ3v) is 6.03. The number of fused-ring (bicyclic) bond motifs is 1. The van der Waals surface area contributed by atoms with Gasteiger partial charge in [0.25, 0.3) is 0 Å². The van der Waals surface area contributed by atoms with Crippen molar-refractivity contribution in [3.05, 3.63) is 47.3 Å². The fourth-order valence-electron chi connectivity index (χ4n) is 4.54. The molecule has 5 rings (SSSR count). The molecule has 8 nitrogen and oxygen atoms in total. The number of nitrogens with one attached hydrogen (secondary N) is 2. The van der Waals surface area contributed by atoms with Crippen LogP contribution < -0.4 is 5.32 Å². The number of aromatic amines is 1. The highest BCUT2D eigenvalue weighted by Crippen LogP contribution is 2.42. The summed E-state index contributed by atoms with van der Waals surface area (Å²) >= 11 is 0. The summed E-state index contributed by atoms with van der Waals surface area (Å²) in [5, 5.41) is 25.8. The number of alkyl halides is 3. The van der Waals surface area contributed by atoms with Crippen LogP contribution in [0.3, 0.4) is 0 Å². The maximum atomic E-state index is 10.6. The van der Waals surface area contributed by atoms with Gasteiger partial charge in [0.15, 0.2) is 5.82 Å². The average molecular weight is 474 g/mol. The molecular weight excluding hydrogens is 449 g/mol. The highest BCUT2D eigenvalue weighted by Gasteiger charge is 2.38. The average Bonchev–Trinajstić information content (AvgIpc) is 3.50. The monoisotopic (exact) mass is 474 g/mol. The molecule has 0 saturated carbocycles. The van der Waals surface area contributed by atoms with Gasteiger partial charge in [-0.2, -0.15) is 13.2 Å². The van der Waals surface area contributed by atoms with Crippen LogP contribution in [0.4, 0.5) is 13.2 Å². The molecule has 0 radical (unpaired) electrons. The van der Waals surface area contributed by atoms with E-state index >= 15 is 0 Å². The Hall–Kier alpha value is -3.34. The van der Waals surface area contributed by atoms with E-state index in [1.54, 1.807) is 0 Å². The van der Waals surface area contributed by atoms with Crippen LogP contribution in [-0.4, -0.2) is 49.4 Å². The lowest BCUT2D eigenvalue weighted by atomic mass is 9.88. The molecule has 1 aliphatic carbocycles. The molecule has 0 amide bonds. The van der Waals surface area contributed by atoms with E-state index in [4.69, 9.17) is 14.9 Å². The lowest BCUT2D eigenvalue weighted by molar-refractivity contribution is -0.192. The molecule has 1 fully saturated rings. The molecular formula is C23H25F3N6O2. The van der Waals surface area contributed by atoms with Gasteiger partial charge >= 0.3 is 12.1 Å². The van der Waals surface area contributed by atoms with Crippen LogP contribution in [0.25, 0.3) is 22.5 Å². The van der Waals surface area contributed by atoms with Crippen molar-refractivity contribution >= 4 is 5.97 Å². The van der Waals surface area contributed by atoms with Crippen molar-refractivity contribution in [2.75, 3.05) is 6.54 Å². The first kappa shape index (κ1) is 23.8. The number of aryl methyl sites for hydroxylation is 1. The topological polar surface area (TPSA) is 117 Å². The first-order valence-electron chi connectivity index (χ1n) is 11.2. The first-order chi connectivity index (χ1) is 16.4. The Morgan fingerprint density at radius 1 is 1.03 bits per heavy atom. The number of aromatic nitrogens is 5. The van der Waals surface area contributed by atoms with Crippen LogP contribution >= 0.6 is 0 Å². The maximum absolute atomic E-state index is 10.6. The molecule has 1 aromatic carbocycles. The molecule has 34 heavy (non-hydrogen) atoms. The number of aliphatic carboxylic acids is 1. The Morgan fingerprint density at radius 3 is 2.38 bits per heavy atom. The smallest absolute Gasteiger partial charge is 0.475 e. The normalized spacial score (nSPS) is 17.9. The van der Waals surface area contributed by atoms with Crippen molar-refractivity contribution in [3.63, 3.8) is 0 Å². The van der Waals surface area contributed by atoms with E-state index in [-0.39, 0.29) is 6.04 Å². The molecule has 0 spiro atoms. The van der Waals surface area contributed by atoms with Crippen molar-refractivity contribution in [1.29, 1.82) is 0 Å². The number of carboxylic acid groups (broad SMARTS) is 1. The number of halogens is 3. The summed E-state index contributed by atoms with van der Waals surface area (Å²) in [6, 6.07) is 10.9. The van der Waals surface area contributed by atoms with Crippen LogP contribution in [0.1, 0.15) is 55.1 Å². The number of pyridine rings is 1. The highest BCUT2D eigenvalue weighted by atomic mass is 19.4. The summed E-state index contributed by atoms with van der Waals surface area (Å²) in [5.41, 5.74) is 7.32. The summed E-state index contributed by atoms with van der Waals surface area (Å²) in [4.78, 5) is 14.1. The number of nitrogens with zero attached hydrogens (tertiary/aromatic N) is 4. The largest absolute Gasteiger partial charge is 0.490 e. The van der Waals surface area contributed by atoms with E-state index < -0.39 is 12.1 Å². The molecule has 3 heterocycles. The van der Waals surface area contributed by atoms with E-state index in [0.717, 1.165) is 42.9 Å². The fraction of sp³-hybridized carbons (Fsp3) is 0.435. The van der Waals surface area contributed by atoms with Crippen LogP contribution in [-0.2, 0) is 17.6 Å². The van der Waals surface area contributed by atoms with Gasteiger partial charge < -0.3 is 10.4 Å². The summed E-state index contributed by atoms with van der Waals surface area (Å²) < 4.78 is 31.7. The van der Waals surface area contributed by atoms with Crippen LogP contribution in [0.15, 0.2) is 30.3 Å². The SMILES string of the molecule is O=C(O)C(F)(F)F.c1ccc(-c2c3c(nc(C4CCCN4)c2-c2nnn[nH]2)CCCCC3)cc1. The Balaban J connectivity index is 0.000000344. The third kappa shape index (κ3) is 5.24. The molecule has 11 heteroatoms. The van der Waals surface area contributed by atoms with Crippen LogP contribution in [0, 0.1) is 0 Å². The minimum absolute atomic E-state index is 0.265. The van der Waals surface area contributed by atoms with Gasteiger partial charge in [-0.15, -0.1) is 5.10 Å². The molecule has 1 atom stereocenters. The Bertz CT molecular complexity index is 1110. The molecule has 180 valence electrons. The zero-order chi connectivity index (χ0) is 24.1. The fourth-order valence-corrected chi connectivity index (χ4v) is 4.54. The molecule has 3 N–H and O–H groups in total. The van der Waals surface area contributed by atoms with E-state index in [0.29, 0.717) is 0 Å². The van der Waals surface area contributed by atoms with Gasteiger partial charge in [-0.1, -0.05) is 36.8 Å². The number of hydrogen-bond acceptors (Lipinski definition) is 6. The van der Waals surface area contributed by atoms with Gasteiger partial charge in [0.05, 0.1) is 17.3 Å². The number of rotatable bonds is 3. The van der Waals surface area contributed by atoms with Gasteiger partial charge in [0.1, 0.15) is 0 Å². The predicted octanol–water partition coefficient (Wildman–Crippen LogP) is 4.26. The zero-order valence-electron chi connectivity index (χ0n) is 18.4. The quantitative estimate of drug-likeness (QED) is 0.486. The van der Waals surface area contributed by atoms with Gasteiger partial charge in [-0.3, -0.25) is 4.98 Å². The molecule has 1 saturated heterocycles. The maximum Gasteiger partial charge on any atom is 0.490 e. The Kier molecular flexibility index (Phi) is 7.20. The summed E-state index contributed by atoms with van der Waals surface area (Å²) in [6.45, 7) is 1.04.